The maximum atomic E-state index is 13.1. The van der Waals surface area contributed by atoms with E-state index in [4.69, 9.17) is 5.26 Å². The molecule has 0 aliphatic rings. The second-order valence-corrected chi connectivity index (χ2v) is 4.87. The summed E-state index contributed by atoms with van der Waals surface area (Å²) in [5.74, 6) is 0.882. The van der Waals surface area contributed by atoms with Gasteiger partial charge in [-0.2, -0.15) is 5.26 Å². The van der Waals surface area contributed by atoms with Crippen LogP contribution in [-0.4, -0.2) is 14.8 Å². The molecule has 0 spiro atoms. The quantitative estimate of drug-likeness (QED) is 0.735. The first-order valence-corrected chi connectivity index (χ1v) is 7.07. The van der Waals surface area contributed by atoms with E-state index in [0.717, 1.165) is 11.3 Å². The van der Waals surface area contributed by atoms with Crippen molar-refractivity contribution >= 4 is 6.08 Å². The van der Waals surface area contributed by atoms with Crippen molar-refractivity contribution < 1.29 is 4.39 Å². The normalized spacial score (nSPS) is 10.8. The van der Waals surface area contributed by atoms with Gasteiger partial charge in [-0.25, -0.2) is 14.1 Å². The predicted molar refractivity (Wildman–Crippen MR) is 86.2 cm³/mol. The first kappa shape index (κ1) is 14.7. The van der Waals surface area contributed by atoms with E-state index in [-0.39, 0.29) is 5.82 Å². The SMILES string of the molecule is CC=Cc1nc(-c2ccc(F)cc2)nn1-c1ccc(C#N)cc1. The molecule has 0 fully saturated rings. The fourth-order valence-electron chi connectivity index (χ4n) is 2.17. The number of aromatic nitrogens is 3. The van der Waals surface area contributed by atoms with E-state index in [2.05, 4.69) is 16.2 Å². The Morgan fingerprint density at radius 3 is 2.39 bits per heavy atom. The minimum atomic E-state index is -0.297. The monoisotopic (exact) mass is 304 g/mol. The molecule has 23 heavy (non-hydrogen) atoms. The minimum Gasteiger partial charge on any atom is -0.213 e. The van der Waals surface area contributed by atoms with Gasteiger partial charge in [0.15, 0.2) is 11.6 Å². The summed E-state index contributed by atoms with van der Waals surface area (Å²) in [5.41, 5.74) is 2.13. The topological polar surface area (TPSA) is 54.5 Å². The Morgan fingerprint density at radius 2 is 1.78 bits per heavy atom. The lowest BCUT2D eigenvalue weighted by atomic mass is 10.2. The molecule has 0 saturated carbocycles. The van der Waals surface area contributed by atoms with Gasteiger partial charge in [-0.3, -0.25) is 0 Å². The fourth-order valence-corrected chi connectivity index (χ4v) is 2.17. The van der Waals surface area contributed by atoms with Gasteiger partial charge in [0.2, 0.25) is 0 Å². The molecule has 0 atom stereocenters. The molecule has 112 valence electrons. The standard InChI is InChI=1S/C18H13FN4/c1-2-3-17-21-18(14-6-8-15(19)9-7-14)22-23(17)16-10-4-13(12-20)5-11-16/h2-11H,1H3. The Balaban J connectivity index is 2.08. The Bertz CT molecular complexity index is 884. The van der Waals surface area contributed by atoms with Crippen molar-refractivity contribution in [2.75, 3.05) is 0 Å². The molecule has 0 bridgehead atoms. The number of nitrogens with zero attached hydrogens (tertiary/aromatic N) is 4. The molecule has 3 aromatic rings. The van der Waals surface area contributed by atoms with Crippen LogP contribution < -0.4 is 0 Å². The first-order chi connectivity index (χ1) is 11.2. The third-order valence-corrected chi connectivity index (χ3v) is 3.29. The largest absolute Gasteiger partial charge is 0.213 e. The van der Waals surface area contributed by atoms with E-state index in [9.17, 15) is 4.39 Å². The summed E-state index contributed by atoms with van der Waals surface area (Å²) < 4.78 is 14.8. The van der Waals surface area contributed by atoms with Gasteiger partial charge in [0.1, 0.15) is 5.82 Å². The summed E-state index contributed by atoms with van der Waals surface area (Å²) in [6, 6.07) is 15.2. The lowest BCUT2D eigenvalue weighted by Gasteiger charge is -2.02. The Labute approximate surface area is 133 Å². The number of benzene rings is 2. The van der Waals surface area contributed by atoms with Gasteiger partial charge in [0, 0.05) is 5.56 Å². The van der Waals surface area contributed by atoms with Gasteiger partial charge in [-0.05, 0) is 61.5 Å². The number of allylic oxidation sites excluding steroid dienone is 1. The van der Waals surface area contributed by atoms with Crippen LogP contribution in [0.2, 0.25) is 0 Å². The average Bonchev–Trinajstić information content (AvgIpc) is 3.00. The molecule has 0 aliphatic heterocycles. The van der Waals surface area contributed by atoms with Crippen molar-refractivity contribution in [3.05, 3.63) is 71.8 Å². The number of halogens is 1. The molecule has 1 heterocycles. The Kier molecular flexibility index (Phi) is 3.98. The molecule has 5 heteroatoms. The first-order valence-electron chi connectivity index (χ1n) is 7.07. The zero-order valence-electron chi connectivity index (χ0n) is 12.4. The molecule has 0 N–H and O–H groups in total. The van der Waals surface area contributed by atoms with Gasteiger partial charge >= 0.3 is 0 Å². The van der Waals surface area contributed by atoms with E-state index in [1.807, 2.05) is 31.2 Å². The summed E-state index contributed by atoms with van der Waals surface area (Å²) in [6.45, 7) is 1.90. The minimum absolute atomic E-state index is 0.297. The van der Waals surface area contributed by atoms with Crippen molar-refractivity contribution in [3.8, 4) is 23.1 Å². The van der Waals surface area contributed by atoms with E-state index in [0.29, 0.717) is 17.2 Å². The molecule has 0 unspecified atom stereocenters. The van der Waals surface area contributed by atoms with Crippen molar-refractivity contribution in [3.63, 3.8) is 0 Å². The number of nitriles is 1. The van der Waals surface area contributed by atoms with Crippen molar-refractivity contribution in [1.82, 2.24) is 14.8 Å². The second kappa shape index (κ2) is 6.24. The lowest BCUT2D eigenvalue weighted by Crippen LogP contribution is -1.99. The molecule has 4 nitrogen and oxygen atoms in total. The van der Waals surface area contributed by atoms with E-state index in [1.54, 1.807) is 28.9 Å². The van der Waals surface area contributed by atoms with Crippen LogP contribution >= 0.6 is 0 Å². The summed E-state index contributed by atoms with van der Waals surface area (Å²) in [6.07, 6.45) is 3.72. The molecule has 0 amide bonds. The maximum absolute atomic E-state index is 13.1. The Hall–Kier alpha value is -3.26. The molecule has 3 rings (SSSR count). The summed E-state index contributed by atoms with van der Waals surface area (Å²) in [7, 11) is 0. The Morgan fingerprint density at radius 1 is 1.09 bits per heavy atom. The van der Waals surface area contributed by atoms with Gasteiger partial charge in [-0.1, -0.05) is 6.08 Å². The summed E-state index contributed by atoms with van der Waals surface area (Å²) >= 11 is 0. The molecule has 2 aromatic carbocycles. The maximum Gasteiger partial charge on any atom is 0.182 e. The molecule has 0 radical (unpaired) electrons. The smallest absolute Gasteiger partial charge is 0.182 e. The van der Waals surface area contributed by atoms with E-state index in [1.165, 1.54) is 12.1 Å². The van der Waals surface area contributed by atoms with Crippen molar-refractivity contribution in [1.29, 1.82) is 5.26 Å². The highest BCUT2D eigenvalue weighted by molar-refractivity contribution is 5.58. The van der Waals surface area contributed by atoms with Crippen LogP contribution in [0, 0.1) is 17.1 Å². The number of hydrogen-bond donors (Lipinski definition) is 0. The zero-order chi connectivity index (χ0) is 16.2. The summed E-state index contributed by atoms with van der Waals surface area (Å²) in [5, 5.41) is 13.4. The molecular weight excluding hydrogens is 291 g/mol. The van der Waals surface area contributed by atoms with Crippen LogP contribution in [-0.2, 0) is 0 Å². The van der Waals surface area contributed by atoms with Crippen LogP contribution in [0.4, 0.5) is 4.39 Å². The van der Waals surface area contributed by atoms with E-state index < -0.39 is 0 Å². The average molecular weight is 304 g/mol. The van der Waals surface area contributed by atoms with Crippen LogP contribution in [0.25, 0.3) is 23.2 Å². The molecule has 0 aliphatic carbocycles. The molecular formula is C18H13FN4. The van der Waals surface area contributed by atoms with Crippen LogP contribution in [0.15, 0.2) is 54.6 Å². The van der Waals surface area contributed by atoms with Crippen molar-refractivity contribution in [2.24, 2.45) is 0 Å². The van der Waals surface area contributed by atoms with Gasteiger partial charge in [0.25, 0.3) is 0 Å². The highest BCUT2D eigenvalue weighted by Crippen LogP contribution is 2.20. The fraction of sp³-hybridized carbons (Fsp3) is 0.0556. The van der Waals surface area contributed by atoms with E-state index >= 15 is 0 Å². The second-order valence-electron chi connectivity index (χ2n) is 4.87. The predicted octanol–water partition coefficient (Wildman–Crippen LogP) is 3.98. The highest BCUT2D eigenvalue weighted by Gasteiger charge is 2.11. The van der Waals surface area contributed by atoms with Gasteiger partial charge in [0.05, 0.1) is 17.3 Å². The van der Waals surface area contributed by atoms with Crippen LogP contribution in [0.5, 0.6) is 0 Å². The van der Waals surface area contributed by atoms with Gasteiger partial charge < -0.3 is 0 Å². The van der Waals surface area contributed by atoms with Crippen LogP contribution in [0.1, 0.15) is 18.3 Å². The van der Waals surface area contributed by atoms with Crippen LogP contribution in [0.3, 0.4) is 0 Å². The molecule has 0 saturated heterocycles. The zero-order valence-corrected chi connectivity index (χ0v) is 12.4. The van der Waals surface area contributed by atoms with Gasteiger partial charge in [-0.15, -0.1) is 5.10 Å². The third-order valence-electron chi connectivity index (χ3n) is 3.29. The molecule has 1 aromatic heterocycles. The number of hydrogen-bond acceptors (Lipinski definition) is 3. The highest BCUT2D eigenvalue weighted by atomic mass is 19.1. The lowest BCUT2D eigenvalue weighted by molar-refractivity contribution is 0.628. The summed E-state index contributed by atoms with van der Waals surface area (Å²) in [4.78, 5) is 4.50. The third kappa shape index (κ3) is 3.01. The van der Waals surface area contributed by atoms with Crippen molar-refractivity contribution in [2.45, 2.75) is 6.92 Å². The number of rotatable bonds is 3.